The molecule has 2 atom stereocenters. The van der Waals surface area contributed by atoms with Gasteiger partial charge >= 0.3 is 5.97 Å². The Morgan fingerprint density at radius 2 is 2.12 bits per heavy atom. The van der Waals surface area contributed by atoms with Crippen molar-refractivity contribution in [2.75, 3.05) is 5.32 Å². The van der Waals surface area contributed by atoms with Gasteiger partial charge in [-0.05, 0) is 68.4 Å². The van der Waals surface area contributed by atoms with Crippen molar-refractivity contribution in [1.82, 2.24) is 15.0 Å². The van der Waals surface area contributed by atoms with Gasteiger partial charge in [-0.2, -0.15) is 0 Å². The highest BCUT2D eigenvalue weighted by atomic mass is 35.5. The number of aryl methyl sites for hydroxylation is 1. The average Bonchev–Trinajstić information content (AvgIpc) is 3.20. The number of carbonyl (C=O) groups is 1. The minimum atomic E-state index is -0.740. The lowest BCUT2D eigenvalue weighted by molar-refractivity contribution is -0.143. The predicted molar refractivity (Wildman–Crippen MR) is 135 cm³/mol. The third-order valence-corrected chi connectivity index (χ3v) is 7.35. The third kappa shape index (κ3) is 5.85. The Morgan fingerprint density at radius 1 is 1.29 bits per heavy atom. The molecule has 0 aliphatic heterocycles. The van der Waals surface area contributed by atoms with E-state index in [2.05, 4.69) is 29.1 Å². The number of nitrogens with zero attached hydrogens (tertiary/aromatic N) is 3. The molecule has 0 radical (unpaired) electrons. The molecule has 1 fully saturated rings. The monoisotopic (exact) mass is 500 g/mol. The highest BCUT2D eigenvalue weighted by Crippen LogP contribution is 2.37. The first-order valence-corrected chi connectivity index (χ1v) is 12.7. The van der Waals surface area contributed by atoms with Crippen LogP contribution in [0.1, 0.15) is 62.4 Å². The summed E-state index contributed by atoms with van der Waals surface area (Å²) in [5.41, 5.74) is 3.60. The minimum absolute atomic E-state index is 0.0984. The average molecular weight is 501 g/mol. The van der Waals surface area contributed by atoms with Crippen LogP contribution in [-0.2, 0) is 11.3 Å². The van der Waals surface area contributed by atoms with Crippen molar-refractivity contribution in [2.45, 2.75) is 65.0 Å². The molecule has 9 heteroatoms. The summed E-state index contributed by atoms with van der Waals surface area (Å²) in [6, 6.07) is 7.72. The predicted octanol–water partition coefficient (Wildman–Crippen LogP) is 6.32. The van der Waals surface area contributed by atoms with Crippen LogP contribution in [0.3, 0.4) is 0 Å². The quantitative estimate of drug-likeness (QED) is 0.373. The standard InChI is InChI=1S/C25H29ClN4O3S/c1-14(2)19-9-10-27-25(30-19)28-13-17-12-22(26)34-23(17)20-7-8-21(15(3)29-20)33-18-6-4-5-16(11-18)24(31)32/h7-10,12,14,16,18H,4-6,11,13H2,1-3H3,(H,31,32)(H,27,28,30)/t16-,18-/m0/s1. The molecule has 1 aliphatic rings. The third-order valence-electron chi connectivity index (χ3n) is 6.02. The van der Waals surface area contributed by atoms with Crippen molar-refractivity contribution in [3.63, 3.8) is 0 Å². The van der Waals surface area contributed by atoms with E-state index < -0.39 is 5.97 Å². The van der Waals surface area contributed by atoms with Crippen LogP contribution in [0.2, 0.25) is 4.34 Å². The molecule has 1 aliphatic carbocycles. The second kappa shape index (κ2) is 10.7. The van der Waals surface area contributed by atoms with E-state index in [1.807, 2.05) is 31.2 Å². The van der Waals surface area contributed by atoms with Crippen LogP contribution < -0.4 is 10.1 Å². The van der Waals surface area contributed by atoms with Gasteiger partial charge in [-0.1, -0.05) is 25.4 Å². The Hall–Kier alpha value is -2.71. The van der Waals surface area contributed by atoms with Crippen molar-refractivity contribution in [3.8, 4) is 16.3 Å². The van der Waals surface area contributed by atoms with Gasteiger partial charge in [0, 0.05) is 18.4 Å². The minimum Gasteiger partial charge on any atom is -0.489 e. The van der Waals surface area contributed by atoms with E-state index in [9.17, 15) is 9.90 Å². The summed E-state index contributed by atoms with van der Waals surface area (Å²) in [5.74, 6) is 0.530. The number of aliphatic carboxylic acids is 1. The number of carboxylic acid groups (broad SMARTS) is 1. The fourth-order valence-electron chi connectivity index (χ4n) is 4.15. The van der Waals surface area contributed by atoms with Gasteiger partial charge in [0.1, 0.15) is 5.75 Å². The Bertz CT molecular complexity index is 1170. The SMILES string of the molecule is Cc1nc(-c2sc(Cl)cc2CNc2nccc(C(C)C)n2)ccc1O[C@H]1CCC[C@H](C(=O)O)C1. The molecule has 34 heavy (non-hydrogen) atoms. The van der Waals surface area contributed by atoms with Crippen LogP contribution in [0.15, 0.2) is 30.5 Å². The first kappa shape index (κ1) is 24.4. The van der Waals surface area contributed by atoms with Gasteiger partial charge in [0.05, 0.1) is 32.6 Å². The smallest absolute Gasteiger partial charge is 0.306 e. The molecule has 4 rings (SSSR count). The first-order valence-electron chi connectivity index (χ1n) is 11.5. The van der Waals surface area contributed by atoms with Crippen molar-refractivity contribution in [1.29, 1.82) is 0 Å². The van der Waals surface area contributed by atoms with Gasteiger partial charge in [0.25, 0.3) is 0 Å². The molecule has 0 unspecified atom stereocenters. The molecular weight excluding hydrogens is 472 g/mol. The van der Waals surface area contributed by atoms with Gasteiger partial charge in [-0.25, -0.2) is 15.0 Å². The van der Waals surface area contributed by atoms with Crippen LogP contribution in [0.5, 0.6) is 5.75 Å². The Labute approximate surface area is 208 Å². The number of halogens is 1. The number of anilines is 1. The number of nitrogens with one attached hydrogen (secondary N) is 1. The normalized spacial score (nSPS) is 18.1. The fraction of sp³-hybridized carbons (Fsp3) is 0.440. The first-order chi connectivity index (χ1) is 16.3. The number of aromatic nitrogens is 3. The van der Waals surface area contributed by atoms with Crippen molar-refractivity contribution in [3.05, 3.63) is 51.7 Å². The topological polar surface area (TPSA) is 97.2 Å². The highest BCUT2D eigenvalue weighted by Gasteiger charge is 2.28. The zero-order chi connectivity index (χ0) is 24.2. The maximum absolute atomic E-state index is 11.4. The number of hydrogen-bond donors (Lipinski definition) is 2. The molecule has 3 aromatic heterocycles. The van der Waals surface area contributed by atoms with Crippen molar-refractivity contribution in [2.24, 2.45) is 5.92 Å². The number of rotatable bonds is 8. The molecule has 2 N–H and O–H groups in total. The summed E-state index contributed by atoms with van der Waals surface area (Å²) in [6.45, 7) is 6.64. The molecule has 0 aromatic carbocycles. The Kier molecular flexibility index (Phi) is 7.68. The Morgan fingerprint density at radius 3 is 2.85 bits per heavy atom. The van der Waals surface area contributed by atoms with Crippen LogP contribution in [0, 0.1) is 12.8 Å². The second-order valence-corrected chi connectivity index (χ2v) is 10.6. The maximum Gasteiger partial charge on any atom is 0.306 e. The lowest BCUT2D eigenvalue weighted by atomic mass is 9.87. The van der Waals surface area contributed by atoms with Crippen molar-refractivity contribution >= 4 is 34.9 Å². The van der Waals surface area contributed by atoms with E-state index in [0.717, 1.165) is 40.4 Å². The van der Waals surface area contributed by atoms with Crippen LogP contribution in [-0.4, -0.2) is 32.1 Å². The zero-order valence-electron chi connectivity index (χ0n) is 19.5. The van der Waals surface area contributed by atoms with E-state index in [1.54, 1.807) is 6.20 Å². The molecule has 1 saturated carbocycles. The van der Waals surface area contributed by atoms with E-state index in [-0.39, 0.29) is 12.0 Å². The second-order valence-electron chi connectivity index (χ2n) is 8.94. The summed E-state index contributed by atoms with van der Waals surface area (Å²) in [7, 11) is 0. The van der Waals surface area contributed by atoms with Gasteiger partial charge in [-0.3, -0.25) is 4.79 Å². The van der Waals surface area contributed by atoms with Crippen LogP contribution >= 0.6 is 22.9 Å². The Balaban J connectivity index is 1.48. The highest BCUT2D eigenvalue weighted by molar-refractivity contribution is 7.19. The molecule has 180 valence electrons. The summed E-state index contributed by atoms with van der Waals surface area (Å²) in [5, 5.41) is 12.6. The molecule has 3 aromatic rings. The van der Waals surface area contributed by atoms with Crippen LogP contribution in [0.25, 0.3) is 10.6 Å². The molecule has 0 amide bonds. The van der Waals surface area contributed by atoms with Gasteiger partial charge in [0.2, 0.25) is 5.95 Å². The number of thiophene rings is 1. The maximum atomic E-state index is 11.4. The number of pyridine rings is 1. The largest absolute Gasteiger partial charge is 0.489 e. The number of hydrogen-bond acceptors (Lipinski definition) is 7. The summed E-state index contributed by atoms with van der Waals surface area (Å²) >= 11 is 7.84. The zero-order valence-corrected chi connectivity index (χ0v) is 21.1. The van der Waals surface area contributed by atoms with Gasteiger partial charge < -0.3 is 15.2 Å². The summed E-state index contributed by atoms with van der Waals surface area (Å²) < 4.78 is 6.84. The lowest BCUT2D eigenvalue weighted by Gasteiger charge is -2.27. The molecule has 0 bridgehead atoms. The van der Waals surface area contributed by atoms with E-state index in [4.69, 9.17) is 21.3 Å². The molecule has 0 spiro atoms. The van der Waals surface area contributed by atoms with Gasteiger partial charge in [-0.15, -0.1) is 11.3 Å². The number of ether oxygens (including phenoxy) is 1. The molecule has 0 saturated heterocycles. The fourth-order valence-corrected chi connectivity index (χ4v) is 5.39. The summed E-state index contributed by atoms with van der Waals surface area (Å²) in [6.07, 6.45) is 4.64. The molecule has 3 heterocycles. The van der Waals surface area contributed by atoms with E-state index in [1.165, 1.54) is 11.3 Å². The molecular formula is C25H29ClN4O3S. The number of carboxylic acids is 1. The summed E-state index contributed by atoms with van der Waals surface area (Å²) in [4.78, 5) is 26.0. The lowest BCUT2D eigenvalue weighted by Crippen LogP contribution is -2.29. The molecule has 7 nitrogen and oxygen atoms in total. The van der Waals surface area contributed by atoms with Crippen molar-refractivity contribution < 1.29 is 14.6 Å². The van der Waals surface area contributed by atoms with Gasteiger partial charge in [0.15, 0.2) is 0 Å². The van der Waals surface area contributed by atoms with Crippen LogP contribution in [0.4, 0.5) is 5.95 Å². The van der Waals surface area contributed by atoms with E-state index in [0.29, 0.717) is 41.3 Å². The van der Waals surface area contributed by atoms with E-state index >= 15 is 0 Å².